The molecule has 0 fully saturated rings. The smallest absolute Gasteiger partial charge is 0.261 e. The summed E-state index contributed by atoms with van der Waals surface area (Å²) in [6, 6.07) is 21.8. The van der Waals surface area contributed by atoms with Gasteiger partial charge in [0.25, 0.3) is 17.7 Å². The van der Waals surface area contributed by atoms with Crippen LogP contribution in [0, 0.1) is 0 Å². The van der Waals surface area contributed by atoms with E-state index in [1.54, 1.807) is 42.5 Å². The number of hydrogen-bond acceptors (Lipinski definition) is 5. The number of carbonyl (C=O) groups excluding carboxylic acids is 3. The largest absolute Gasteiger partial charge is 0.496 e. The number of likely N-dealkylation sites (N-methyl/N-ethyl adjacent to an activating group) is 1. The van der Waals surface area contributed by atoms with Gasteiger partial charge in [-0.1, -0.05) is 48.5 Å². The molecule has 0 aromatic heterocycles. The summed E-state index contributed by atoms with van der Waals surface area (Å²) in [7, 11) is 5.43. The highest BCUT2D eigenvalue weighted by Gasteiger charge is 2.35. The number of nitrogens with one attached hydrogen (secondary N) is 1. The fourth-order valence-electron chi connectivity index (χ4n) is 4.15. The van der Waals surface area contributed by atoms with Crippen LogP contribution in [0.3, 0.4) is 0 Å². The molecule has 3 aromatic carbocycles. The lowest BCUT2D eigenvalue weighted by molar-refractivity contribution is 0.0642. The summed E-state index contributed by atoms with van der Waals surface area (Å²) in [4.78, 5) is 41.8. The number of benzene rings is 3. The van der Waals surface area contributed by atoms with Crippen LogP contribution in [-0.4, -0.2) is 55.3 Å². The molecule has 4 rings (SSSR count). The van der Waals surface area contributed by atoms with E-state index >= 15 is 0 Å². The molecule has 1 aliphatic rings. The quantitative estimate of drug-likeness (QED) is 0.524. The highest BCUT2D eigenvalue weighted by molar-refractivity contribution is 6.21. The summed E-state index contributed by atoms with van der Waals surface area (Å²) in [5, 5.41) is 3.00. The van der Waals surface area contributed by atoms with Crippen molar-refractivity contribution in [2.75, 3.05) is 27.7 Å². The minimum atomic E-state index is -0.334. The van der Waals surface area contributed by atoms with Crippen molar-refractivity contribution >= 4 is 17.7 Å². The van der Waals surface area contributed by atoms with E-state index in [0.29, 0.717) is 34.5 Å². The van der Waals surface area contributed by atoms with Gasteiger partial charge in [-0.15, -0.1) is 0 Å². The minimum Gasteiger partial charge on any atom is -0.496 e. The second-order valence-electron chi connectivity index (χ2n) is 8.38. The molecule has 174 valence electrons. The van der Waals surface area contributed by atoms with E-state index in [2.05, 4.69) is 5.32 Å². The first kappa shape index (κ1) is 23.2. The maximum Gasteiger partial charge on any atom is 0.261 e. The SMILES string of the molecule is COc1ccc(CN2C(=O)c3ccccc3C2=O)cc1C(=O)NC[C@@H](c1ccccc1)N(C)C. The molecule has 7 heteroatoms. The summed E-state index contributed by atoms with van der Waals surface area (Å²) >= 11 is 0. The number of imide groups is 1. The van der Waals surface area contributed by atoms with E-state index in [-0.39, 0.29) is 30.3 Å². The van der Waals surface area contributed by atoms with Crippen LogP contribution in [0.2, 0.25) is 0 Å². The van der Waals surface area contributed by atoms with Crippen LogP contribution >= 0.6 is 0 Å². The number of hydrogen-bond donors (Lipinski definition) is 1. The molecule has 1 heterocycles. The second kappa shape index (κ2) is 9.89. The molecule has 0 saturated carbocycles. The lowest BCUT2D eigenvalue weighted by atomic mass is 10.1. The standard InChI is InChI=1S/C27H27N3O4/c1-29(2)23(19-9-5-4-6-10-19)16-28-25(31)22-15-18(13-14-24(22)34-3)17-30-26(32)20-11-7-8-12-21(20)27(30)33/h4-15,23H,16-17H2,1-3H3,(H,28,31)/t23-/m0/s1. The zero-order valence-corrected chi connectivity index (χ0v) is 19.4. The van der Waals surface area contributed by atoms with Gasteiger partial charge in [-0.25, -0.2) is 0 Å². The molecule has 34 heavy (non-hydrogen) atoms. The molecular weight excluding hydrogens is 430 g/mol. The Morgan fingerprint density at radius 3 is 2.15 bits per heavy atom. The number of amides is 3. The van der Waals surface area contributed by atoms with Crippen molar-refractivity contribution in [3.8, 4) is 5.75 Å². The fourth-order valence-corrected chi connectivity index (χ4v) is 4.15. The molecule has 0 radical (unpaired) electrons. The van der Waals surface area contributed by atoms with Crippen molar-refractivity contribution in [1.29, 1.82) is 0 Å². The number of carbonyl (C=O) groups is 3. The Morgan fingerprint density at radius 1 is 0.941 bits per heavy atom. The van der Waals surface area contributed by atoms with Crippen LogP contribution in [-0.2, 0) is 6.54 Å². The Balaban J connectivity index is 1.52. The predicted octanol–water partition coefficient (Wildman–Crippen LogP) is 3.52. The summed E-state index contributed by atoms with van der Waals surface area (Å²) in [5.74, 6) is -0.535. The molecule has 0 saturated heterocycles. The van der Waals surface area contributed by atoms with Gasteiger partial charge in [0.1, 0.15) is 5.75 Å². The summed E-state index contributed by atoms with van der Waals surface area (Å²) in [5.41, 5.74) is 2.90. The highest BCUT2D eigenvalue weighted by atomic mass is 16.5. The Kier molecular flexibility index (Phi) is 6.75. The molecule has 3 amide bonds. The first-order chi connectivity index (χ1) is 16.4. The molecule has 0 spiro atoms. The number of ether oxygens (including phenoxy) is 1. The van der Waals surface area contributed by atoms with Gasteiger partial charge in [-0.3, -0.25) is 19.3 Å². The van der Waals surface area contributed by atoms with Crippen molar-refractivity contribution in [3.63, 3.8) is 0 Å². The fraction of sp³-hybridized carbons (Fsp3) is 0.222. The van der Waals surface area contributed by atoms with Crippen molar-refractivity contribution in [2.45, 2.75) is 12.6 Å². The van der Waals surface area contributed by atoms with Gasteiger partial charge in [-0.05, 0) is 49.5 Å². The van der Waals surface area contributed by atoms with Crippen LogP contribution in [0.4, 0.5) is 0 Å². The minimum absolute atomic E-state index is 0.00215. The Labute approximate surface area is 198 Å². The van der Waals surface area contributed by atoms with Gasteiger partial charge < -0.3 is 15.0 Å². The Hall–Kier alpha value is -3.97. The molecule has 0 aliphatic carbocycles. The van der Waals surface area contributed by atoms with Gasteiger partial charge >= 0.3 is 0 Å². The zero-order chi connectivity index (χ0) is 24.2. The molecule has 3 aromatic rings. The molecule has 1 atom stereocenters. The van der Waals surface area contributed by atoms with E-state index in [0.717, 1.165) is 5.56 Å². The summed E-state index contributed by atoms with van der Waals surface area (Å²) in [6.07, 6.45) is 0. The van der Waals surface area contributed by atoms with Crippen LogP contribution in [0.5, 0.6) is 5.75 Å². The van der Waals surface area contributed by atoms with Gasteiger partial charge in [0.05, 0.1) is 36.4 Å². The van der Waals surface area contributed by atoms with Gasteiger partial charge in [-0.2, -0.15) is 0 Å². The van der Waals surface area contributed by atoms with Crippen molar-refractivity contribution in [3.05, 3.63) is 101 Å². The monoisotopic (exact) mass is 457 g/mol. The first-order valence-corrected chi connectivity index (χ1v) is 11.0. The average molecular weight is 458 g/mol. The molecule has 0 bridgehead atoms. The third kappa shape index (κ3) is 4.56. The Morgan fingerprint density at radius 2 is 1.56 bits per heavy atom. The van der Waals surface area contributed by atoms with Crippen molar-refractivity contribution < 1.29 is 19.1 Å². The molecule has 1 N–H and O–H groups in total. The van der Waals surface area contributed by atoms with E-state index in [4.69, 9.17) is 4.74 Å². The lowest BCUT2D eigenvalue weighted by Gasteiger charge is -2.25. The van der Waals surface area contributed by atoms with Crippen molar-refractivity contribution in [1.82, 2.24) is 15.1 Å². The molecule has 7 nitrogen and oxygen atoms in total. The third-order valence-corrected chi connectivity index (χ3v) is 5.99. The Bertz CT molecular complexity index is 1190. The second-order valence-corrected chi connectivity index (χ2v) is 8.38. The normalized spacial score (nSPS) is 13.7. The van der Waals surface area contributed by atoms with E-state index in [1.807, 2.05) is 49.3 Å². The van der Waals surface area contributed by atoms with Crippen LogP contribution < -0.4 is 10.1 Å². The molecule has 0 unspecified atom stereocenters. The van der Waals surface area contributed by atoms with E-state index in [1.165, 1.54) is 12.0 Å². The van der Waals surface area contributed by atoms with E-state index < -0.39 is 0 Å². The first-order valence-electron chi connectivity index (χ1n) is 11.0. The number of nitrogens with zero attached hydrogens (tertiary/aromatic N) is 2. The van der Waals surface area contributed by atoms with Crippen LogP contribution in [0.15, 0.2) is 72.8 Å². The summed E-state index contributed by atoms with van der Waals surface area (Å²) in [6.45, 7) is 0.475. The number of fused-ring (bicyclic) bond motifs is 1. The van der Waals surface area contributed by atoms with Gasteiger partial charge in [0, 0.05) is 6.54 Å². The zero-order valence-electron chi connectivity index (χ0n) is 19.4. The topological polar surface area (TPSA) is 78.9 Å². The molecule has 1 aliphatic heterocycles. The molecular formula is C27H27N3O4. The van der Waals surface area contributed by atoms with E-state index in [9.17, 15) is 14.4 Å². The maximum absolute atomic E-state index is 13.1. The summed E-state index contributed by atoms with van der Waals surface area (Å²) < 4.78 is 5.40. The number of methoxy groups -OCH3 is 1. The van der Waals surface area contributed by atoms with Crippen molar-refractivity contribution in [2.24, 2.45) is 0 Å². The maximum atomic E-state index is 13.1. The highest BCUT2D eigenvalue weighted by Crippen LogP contribution is 2.26. The third-order valence-electron chi connectivity index (χ3n) is 5.99. The van der Waals surface area contributed by atoms with Crippen LogP contribution in [0.1, 0.15) is 48.2 Å². The predicted molar refractivity (Wildman–Crippen MR) is 129 cm³/mol. The lowest BCUT2D eigenvalue weighted by Crippen LogP contribution is -2.35. The average Bonchev–Trinajstić information content (AvgIpc) is 3.09. The van der Waals surface area contributed by atoms with Crippen LogP contribution in [0.25, 0.3) is 0 Å². The van der Waals surface area contributed by atoms with Gasteiger partial charge in [0.15, 0.2) is 0 Å². The van der Waals surface area contributed by atoms with Gasteiger partial charge in [0.2, 0.25) is 0 Å². The number of rotatable bonds is 8.